The molecule has 1 aromatic heterocycles. The average Bonchev–Trinajstić information content (AvgIpc) is 2.99. The molecule has 0 aliphatic heterocycles. The van der Waals surface area contributed by atoms with Gasteiger partial charge in [0.25, 0.3) is 5.91 Å². The molecule has 0 atom stereocenters. The van der Waals surface area contributed by atoms with Crippen LogP contribution < -0.4 is 10.0 Å². The minimum atomic E-state index is -3.16. The van der Waals surface area contributed by atoms with Crippen LogP contribution in [0.3, 0.4) is 0 Å². The normalized spacial score (nSPS) is 20.4. The Bertz CT molecular complexity index is 811. The predicted octanol–water partition coefficient (Wildman–Crippen LogP) is 1.40. The molecule has 2 N–H and O–H groups in total. The van der Waals surface area contributed by atoms with E-state index in [1.807, 2.05) is 30.3 Å². The number of nitrogens with one attached hydrogen (secondary N) is 2. The van der Waals surface area contributed by atoms with Crippen molar-refractivity contribution in [1.82, 2.24) is 15.2 Å². The number of nitrogens with zero attached hydrogens (tertiary/aromatic N) is 1. The van der Waals surface area contributed by atoms with Crippen molar-refractivity contribution in [3.05, 3.63) is 42.1 Å². The number of sulfonamides is 1. The van der Waals surface area contributed by atoms with Crippen molar-refractivity contribution >= 4 is 15.9 Å². The van der Waals surface area contributed by atoms with Crippen LogP contribution in [0.1, 0.15) is 23.3 Å². The zero-order chi connectivity index (χ0) is 17.2. The van der Waals surface area contributed by atoms with E-state index in [4.69, 9.17) is 4.52 Å². The van der Waals surface area contributed by atoms with Gasteiger partial charge in [0.1, 0.15) is 0 Å². The van der Waals surface area contributed by atoms with Gasteiger partial charge in [-0.15, -0.1) is 0 Å². The van der Waals surface area contributed by atoms with Gasteiger partial charge in [-0.25, -0.2) is 13.1 Å². The van der Waals surface area contributed by atoms with Gasteiger partial charge in [0.2, 0.25) is 10.0 Å². The number of carbonyl (C=O) groups is 1. The van der Waals surface area contributed by atoms with Crippen LogP contribution in [-0.4, -0.2) is 38.3 Å². The third-order valence-electron chi connectivity index (χ3n) is 4.01. The zero-order valence-corrected chi connectivity index (χ0v) is 14.0. The largest absolute Gasteiger partial charge is 0.355 e. The van der Waals surface area contributed by atoms with Gasteiger partial charge in [0, 0.05) is 24.2 Å². The predicted molar refractivity (Wildman–Crippen MR) is 88.8 cm³/mol. The van der Waals surface area contributed by atoms with Crippen molar-refractivity contribution in [2.45, 2.75) is 18.9 Å². The molecule has 1 aliphatic carbocycles. The first-order valence-corrected chi connectivity index (χ1v) is 9.57. The Morgan fingerprint density at radius 2 is 2.00 bits per heavy atom. The van der Waals surface area contributed by atoms with Crippen molar-refractivity contribution in [3.8, 4) is 11.3 Å². The fourth-order valence-corrected chi connectivity index (χ4v) is 3.21. The Labute approximate surface area is 140 Å². The summed E-state index contributed by atoms with van der Waals surface area (Å²) in [6.45, 7) is 0.410. The Balaban J connectivity index is 1.50. The highest BCUT2D eigenvalue weighted by Gasteiger charge is 2.31. The van der Waals surface area contributed by atoms with Gasteiger partial charge in [-0.2, -0.15) is 0 Å². The number of hydrogen-bond acceptors (Lipinski definition) is 5. The van der Waals surface area contributed by atoms with Crippen molar-refractivity contribution in [2.75, 3.05) is 12.8 Å². The monoisotopic (exact) mass is 349 g/mol. The molecule has 2 aromatic rings. The molecule has 128 valence electrons. The second-order valence-corrected chi connectivity index (χ2v) is 7.90. The fourth-order valence-electron chi connectivity index (χ4n) is 2.67. The number of benzene rings is 1. The number of hydrogen-bond donors (Lipinski definition) is 2. The highest BCUT2D eigenvalue weighted by molar-refractivity contribution is 7.88. The molecule has 0 saturated heterocycles. The van der Waals surface area contributed by atoms with Crippen molar-refractivity contribution in [3.63, 3.8) is 0 Å². The molecule has 0 spiro atoms. The van der Waals surface area contributed by atoms with E-state index in [1.165, 1.54) is 0 Å². The van der Waals surface area contributed by atoms with E-state index in [0.29, 0.717) is 12.3 Å². The molecule has 3 rings (SSSR count). The molecule has 0 unspecified atom stereocenters. The van der Waals surface area contributed by atoms with Crippen LogP contribution in [0.4, 0.5) is 0 Å². The van der Waals surface area contributed by atoms with E-state index >= 15 is 0 Å². The summed E-state index contributed by atoms with van der Waals surface area (Å²) < 4.78 is 29.8. The Kier molecular flexibility index (Phi) is 4.68. The highest BCUT2D eigenvalue weighted by atomic mass is 32.2. The Morgan fingerprint density at radius 1 is 1.29 bits per heavy atom. The number of aromatic nitrogens is 1. The molecule has 1 fully saturated rings. The SMILES string of the molecule is CS(=O)(=O)NCC1CC(NC(=O)c2cc(-c3ccccc3)on2)C1. The molecule has 1 saturated carbocycles. The van der Waals surface area contributed by atoms with Crippen LogP contribution in [0.15, 0.2) is 40.9 Å². The standard InChI is InChI=1S/C16H19N3O4S/c1-24(21,22)17-10-11-7-13(8-11)18-16(20)14-9-15(23-19-14)12-5-3-2-4-6-12/h2-6,9,11,13,17H,7-8,10H2,1H3,(H,18,20). The quantitative estimate of drug-likeness (QED) is 0.821. The summed E-state index contributed by atoms with van der Waals surface area (Å²) >= 11 is 0. The van der Waals surface area contributed by atoms with Crippen LogP contribution in [-0.2, 0) is 10.0 Å². The number of rotatable bonds is 6. The molecule has 24 heavy (non-hydrogen) atoms. The molecular weight excluding hydrogens is 330 g/mol. The molecule has 1 aromatic carbocycles. The molecule has 0 radical (unpaired) electrons. The van der Waals surface area contributed by atoms with Gasteiger partial charge in [0.15, 0.2) is 11.5 Å². The van der Waals surface area contributed by atoms with Crippen LogP contribution >= 0.6 is 0 Å². The third-order valence-corrected chi connectivity index (χ3v) is 4.70. The van der Waals surface area contributed by atoms with Gasteiger partial charge in [-0.3, -0.25) is 4.79 Å². The highest BCUT2D eigenvalue weighted by Crippen LogP contribution is 2.27. The maximum absolute atomic E-state index is 12.2. The summed E-state index contributed by atoms with van der Waals surface area (Å²) in [6.07, 6.45) is 2.63. The van der Waals surface area contributed by atoms with Crippen molar-refractivity contribution in [2.24, 2.45) is 5.92 Å². The van der Waals surface area contributed by atoms with Crippen LogP contribution in [0.5, 0.6) is 0 Å². The Hall–Kier alpha value is -2.19. The summed E-state index contributed by atoms with van der Waals surface area (Å²) in [4.78, 5) is 12.2. The Morgan fingerprint density at radius 3 is 2.67 bits per heavy atom. The summed E-state index contributed by atoms with van der Waals surface area (Å²) in [5, 5.41) is 6.70. The first kappa shape index (κ1) is 16.7. The topological polar surface area (TPSA) is 101 Å². The number of carbonyl (C=O) groups excluding carboxylic acids is 1. The minimum absolute atomic E-state index is 0.0423. The van der Waals surface area contributed by atoms with Gasteiger partial charge < -0.3 is 9.84 Å². The summed E-state index contributed by atoms with van der Waals surface area (Å²) in [7, 11) is -3.16. The summed E-state index contributed by atoms with van der Waals surface area (Å²) in [5.41, 5.74) is 1.10. The second-order valence-electron chi connectivity index (χ2n) is 6.07. The van der Waals surface area contributed by atoms with E-state index in [0.717, 1.165) is 24.7 Å². The minimum Gasteiger partial charge on any atom is -0.355 e. The lowest BCUT2D eigenvalue weighted by Gasteiger charge is -2.35. The molecule has 8 heteroatoms. The van der Waals surface area contributed by atoms with Crippen LogP contribution in [0.25, 0.3) is 11.3 Å². The lowest BCUT2D eigenvalue weighted by atomic mass is 9.80. The summed E-state index contributed by atoms with van der Waals surface area (Å²) in [6, 6.07) is 11.1. The second kappa shape index (κ2) is 6.74. The molecule has 1 aliphatic rings. The molecular formula is C16H19N3O4S. The van der Waals surface area contributed by atoms with E-state index in [2.05, 4.69) is 15.2 Å². The molecule has 7 nitrogen and oxygen atoms in total. The first-order chi connectivity index (χ1) is 11.4. The lowest BCUT2D eigenvalue weighted by molar-refractivity contribution is 0.0882. The lowest BCUT2D eigenvalue weighted by Crippen LogP contribution is -2.47. The van der Waals surface area contributed by atoms with Gasteiger partial charge in [0.05, 0.1) is 6.26 Å². The smallest absolute Gasteiger partial charge is 0.273 e. The van der Waals surface area contributed by atoms with E-state index in [-0.39, 0.29) is 23.6 Å². The van der Waals surface area contributed by atoms with Crippen LogP contribution in [0.2, 0.25) is 0 Å². The van der Waals surface area contributed by atoms with Gasteiger partial charge >= 0.3 is 0 Å². The van der Waals surface area contributed by atoms with E-state index in [1.54, 1.807) is 6.07 Å². The maximum atomic E-state index is 12.2. The maximum Gasteiger partial charge on any atom is 0.273 e. The van der Waals surface area contributed by atoms with Gasteiger partial charge in [-0.1, -0.05) is 35.5 Å². The number of amides is 1. The average molecular weight is 349 g/mol. The third kappa shape index (κ3) is 4.21. The van der Waals surface area contributed by atoms with E-state index < -0.39 is 10.0 Å². The van der Waals surface area contributed by atoms with Gasteiger partial charge in [-0.05, 0) is 18.8 Å². The first-order valence-electron chi connectivity index (χ1n) is 7.68. The fraction of sp³-hybridized carbons (Fsp3) is 0.375. The van der Waals surface area contributed by atoms with Crippen molar-refractivity contribution in [1.29, 1.82) is 0 Å². The van der Waals surface area contributed by atoms with Crippen molar-refractivity contribution < 1.29 is 17.7 Å². The zero-order valence-electron chi connectivity index (χ0n) is 13.2. The summed E-state index contributed by atoms with van der Waals surface area (Å²) in [5.74, 6) is 0.521. The van der Waals surface area contributed by atoms with Crippen LogP contribution in [0, 0.1) is 5.92 Å². The molecule has 1 amide bonds. The molecule has 1 heterocycles. The van der Waals surface area contributed by atoms with E-state index in [9.17, 15) is 13.2 Å². The molecule has 0 bridgehead atoms.